The number of nitrogens with one attached hydrogen (secondary N) is 4. The molecule has 0 aliphatic rings. The van der Waals surface area contributed by atoms with E-state index in [1.165, 1.54) is 0 Å². The van der Waals surface area contributed by atoms with Crippen molar-refractivity contribution in [2.75, 3.05) is 13.1 Å². The molecule has 0 bridgehead atoms. The van der Waals surface area contributed by atoms with Crippen LogP contribution in [0.4, 0.5) is 0 Å². The number of carboxylic acids is 2. The maximum atomic E-state index is 13.0. The smallest absolute Gasteiger partial charge is 0.307 e. The minimum absolute atomic E-state index is 0.124. The molecule has 4 amide bonds. The van der Waals surface area contributed by atoms with Gasteiger partial charge in [0, 0.05) is 48.2 Å². The molecular weight excluding hydrogens is 544 g/mol. The largest absolute Gasteiger partial charge is 0.481 e. The van der Waals surface area contributed by atoms with Crippen LogP contribution in [0.3, 0.4) is 0 Å². The van der Waals surface area contributed by atoms with Gasteiger partial charge in [0.2, 0.25) is 23.6 Å². The van der Waals surface area contributed by atoms with Gasteiger partial charge >= 0.3 is 11.9 Å². The van der Waals surface area contributed by atoms with Gasteiger partial charge in [-0.15, -0.1) is 0 Å². The number of amides is 4. The molecule has 0 saturated carbocycles. The van der Waals surface area contributed by atoms with Gasteiger partial charge in [0.05, 0.1) is 11.8 Å². The van der Waals surface area contributed by atoms with Crippen molar-refractivity contribution in [2.24, 2.45) is 11.8 Å². The monoisotopic (exact) mass is 594 g/mol. The molecule has 0 heterocycles. The molecule has 0 aliphatic heterocycles. The van der Waals surface area contributed by atoms with Crippen LogP contribution in [0, 0.1) is 11.8 Å². The number of carboxylic acid groups (broad SMARTS) is 2. The summed E-state index contributed by atoms with van der Waals surface area (Å²) in [4.78, 5) is 73.8. The fraction of sp³-hybridized carbons (Fsp3) is 0.667. The van der Waals surface area contributed by atoms with Crippen LogP contribution in [0.2, 0.25) is 0 Å². The van der Waals surface area contributed by atoms with Crippen LogP contribution >= 0.6 is 0 Å². The van der Waals surface area contributed by atoms with E-state index in [2.05, 4.69) is 34.4 Å². The van der Waals surface area contributed by atoms with Gasteiger partial charge in [-0.2, -0.15) is 0 Å². The highest BCUT2D eigenvalue weighted by Gasteiger charge is 2.38. The quantitative estimate of drug-likeness (QED) is 0.109. The van der Waals surface area contributed by atoms with E-state index in [0.717, 1.165) is 0 Å². The number of hydrogen-bond donors (Lipinski definition) is 6. The Balaban J connectivity index is 5.45. The molecule has 0 aromatic rings. The highest BCUT2D eigenvalue weighted by Crippen LogP contribution is 2.25. The Labute approximate surface area is 249 Å². The van der Waals surface area contributed by atoms with E-state index < -0.39 is 59.5 Å². The van der Waals surface area contributed by atoms with Gasteiger partial charge in [0.25, 0.3) is 0 Å². The molecule has 0 aliphatic carbocycles. The van der Waals surface area contributed by atoms with Crippen molar-refractivity contribution >= 4 is 35.6 Å². The third-order valence-corrected chi connectivity index (χ3v) is 8.01. The first-order chi connectivity index (χ1) is 19.5. The molecule has 0 radical (unpaired) electrons. The molecule has 6 N–H and O–H groups in total. The average Bonchev–Trinajstić information content (AvgIpc) is 2.93. The predicted octanol–water partition coefficient (Wildman–Crippen LogP) is 2.68. The van der Waals surface area contributed by atoms with Crippen molar-refractivity contribution in [1.82, 2.24) is 21.3 Å². The van der Waals surface area contributed by atoms with Crippen LogP contribution in [0.5, 0.6) is 0 Å². The maximum Gasteiger partial charge on any atom is 0.307 e. The highest BCUT2D eigenvalue weighted by molar-refractivity contribution is 5.93. The van der Waals surface area contributed by atoms with Crippen LogP contribution in [0.15, 0.2) is 24.3 Å². The topological polar surface area (TPSA) is 191 Å². The van der Waals surface area contributed by atoms with E-state index in [1.54, 1.807) is 13.8 Å². The number of hydrogen-bond acceptors (Lipinski definition) is 6. The van der Waals surface area contributed by atoms with E-state index in [4.69, 9.17) is 0 Å². The summed E-state index contributed by atoms with van der Waals surface area (Å²) in [5, 5.41) is 30.7. The fourth-order valence-corrected chi connectivity index (χ4v) is 4.66. The van der Waals surface area contributed by atoms with Gasteiger partial charge in [-0.05, 0) is 52.4 Å². The second kappa shape index (κ2) is 18.0. The van der Waals surface area contributed by atoms with Gasteiger partial charge in [0.15, 0.2) is 0 Å². The van der Waals surface area contributed by atoms with Gasteiger partial charge in [0.1, 0.15) is 0 Å². The zero-order valence-electron chi connectivity index (χ0n) is 26.0. The lowest BCUT2D eigenvalue weighted by molar-refractivity contribution is -0.156. The zero-order chi connectivity index (χ0) is 32.7. The number of carbonyl (C=O) groups is 6. The van der Waals surface area contributed by atoms with Crippen molar-refractivity contribution in [1.29, 1.82) is 0 Å². The first kappa shape index (κ1) is 38.3. The van der Waals surface area contributed by atoms with E-state index in [1.807, 2.05) is 27.7 Å². The Morgan fingerprint density at radius 2 is 1.00 bits per heavy atom. The molecule has 0 spiro atoms. The minimum Gasteiger partial charge on any atom is -0.481 e. The third-order valence-electron chi connectivity index (χ3n) is 8.01. The van der Waals surface area contributed by atoms with E-state index >= 15 is 0 Å². The zero-order valence-corrected chi connectivity index (χ0v) is 26.0. The highest BCUT2D eigenvalue weighted by atomic mass is 16.4. The molecule has 12 heteroatoms. The van der Waals surface area contributed by atoms with Crippen molar-refractivity contribution < 1.29 is 39.0 Å². The summed E-state index contributed by atoms with van der Waals surface area (Å²) in [6.07, 6.45) is 1.62. The molecule has 12 nitrogen and oxygen atoms in total. The Bertz CT molecular complexity index is 1010. The molecule has 2 atom stereocenters. The van der Waals surface area contributed by atoms with Crippen molar-refractivity contribution in [3.8, 4) is 0 Å². The van der Waals surface area contributed by atoms with Crippen molar-refractivity contribution in [3.63, 3.8) is 0 Å². The fourth-order valence-electron chi connectivity index (χ4n) is 4.66. The van der Waals surface area contributed by atoms with E-state index in [0.29, 0.717) is 49.7 Å². The number of aliphatic carboxylic acids is 2. The Kier molecular flexibility index (Phi) is 16.4. The molecule has 42 heavy (non-hydrogen) atoms. The van der Waals surface area contributed by atoms with Crippen LogP contribution in [-0.2, 0) is 28.8 Å². The lowest BCUT2D eigenvalue weighted by Gasteiger charge is -2.34. The summed E-state index contributed by atoms with van der Waals surface area (Å²) in [5.41, 5.74) is -0.656. The summed E-state index contributed by atoms with van der Waals surface area (Å²) in [5.74, 6) is -8.26. The minimum atomic E-state index is -1.65. The lowest BCUT2D eigenvalue weighted by atomic mass is 9.84. The standard InChI is InChI=1S/C30H50N4O8/c1-9-29(10-2,14-16-32-25(37)19(5)6)33-24(36)18-22(28(41)42)21(27(39)40)17-23(35)31-15-13-30(11-3,12-4)34-26(38)20(7)8/h21-22H,5,7,9-18H2,1-4,6,8H3,(H,31,35)(H,32,37)(H,33,36)(H,34,38)(H,39,40)(H,41,42). The molecule has 0 saturated heterocycles. The van der Waals surface area contributed by atoms with Gasteiger partial charge in [-0.3, -0.25) is 28.8 Å². The molecule has 238 valence electrons. The Morgan fingerprint density at radius 3 is 1.38 bits per heavy atom. The van der Waals surface area contributed by atoms with Crippen LogP contribution in [0.1, 0.15) is 92.9 Å². The maximum absolute atomic E-state index is 13.0. The first-order valence-corrected chi connectivity index (χ1v) is 14.5. The summed E-state index contributed by atoms with van der Waals surface area (Å²) < 4.78 is 0. The van der Waals surface area contributed by atoms with Crippen molar-refractivity contribution in [2.45, 2.75) is 104 Å². The SMILES string of the molecule is C=C(C)C(=O)NCCC(CC)(CC)NC(=O)CC(C(=O)O)C(CC(=O)NCCC(CC)(CC)NC(=O)C(=C)C)C(=O)O. The molecule has 0 aromatic carbocycles. The van der Waals surface area contributed by atoms with E-state index in [9.17, 15) is 39.0 Å². The van der Waals surface area contributed by atoms with Gasteiger partial charge in [-0.25, -0.2) is 0 Å². The summed E-state index contributed by atoms with van der Waals surface area (Å²) in [6, 6.07) is 0. The summed E-state index contributed by atoms with van der Waals surface area (Å²) in [6.45, 7) is 18.2. The molecular formula is C30H50N4O8. The molecule has 0 aromatic heterocycles. The number of carbonyl (C=O) groups excluding carboxylic acids is 4. The second-order valence-corrected chi connectivity index (χ2v) is 10.9. The Morgan fingerprint density at radius 1 is 0.619 bits per heavy atom. The van der Waals surface area contributed by atoms with Crippen molar-refractivity contribution in [3.05, 3.63) is 24.3 Å². The van der Waals surface area contributed by atoms with Gasteiger partial charge in [-0.1, -0.05) is 40.9 Å². The Hall–Kier alpha value is -3.70. The average molecular weight is 595 g/mol. The second-order valence-electron chi connectivity index (χ2n) is 10.9. The lowest BCUT2D eigenvalue weighted by Crippen LogP contribution is -2.51. The molecule has 0 rings (SSSR count). The van der Waals surface area contributed by atoms with E-state index in [-0.39, 0.29) is 24.9 Å². The number of rotatable bonds is 21. The van der Waals surface area contributed by atoms with Crippen LogP contribution < -0.4 is 21.3 Å². The van der Waals surface area contributed by atoms with Gasteiger partial charge < -0.3 is 31.5 Å². The normalized spacial score (nSPS) is 12.8. The van der Waals surface area contributed by atoms with Crippen LogP contribution in [0.25, 0.3) is 0 Å². The first-order valence-electron chi connectivity index (χ1n) is 14.5. The summed E-state index contributed by atoms with van der Waals surface area (Å²) in [7, 11) is 0. The van der Waals surface area contributed by atoms with Crippen LogP contribution in [-0.4, -0.2) is 69.9 Å². The molecule has 2 unspecified atom stereocenters. The third kappa shape index (κ3) is 12.4. The summed E-state index contributed by atoms with van der Waals surface area (Å²) >= 11 is 0. The molecule has 0 fully saturated rings. The predicted molar refractivity (Wildman–Crippen MR) is 159 cm³/mol.